The molecule has 6 rings (SSSR count). The van der Waals surface area contributed by atoms with Gasteiger partial charge in [-0.1, -0.05) is 11.7 Å². The third-order valence-corrected chi connectivity index (χ3v) is 8.98. The van der Waals surface area contributed by atoms with Crippen LogP contribution in [-0.4, -0.2) is 134 Å². The van der Waals surface area contributed by atoms with E-state index >= 15 is 0 Å². The molecule has 3 aromatic rings. The van der Waals surface area contributed by atoms with Crippen LogP contribution in [-0.2, 0) is 54.3 Å². The van der Waals surface area contributed by atoms with Gasteiger partial charge in [-0.2, -0.15) is 0 Å². The van der Waals surface area contributed by atoms with Crippen molar-refractivity contribution in [3.63, 3.8) is 0 Å². The molecule has 2 fully saturated rings. The Morgan fingerprint density at radius 3 is 2.05 bits per heavy atom. The van der Waals surface area contributed by atoms with E-state index in [4.69, 9.17) is 57.3 Å². The zero-order valence-electron chi connectivity index (χ0n) is 33.7. The standard InChI is InChI=1S/C40H53F2N5O14/c41-31-26-30(27-32(42)28-31)29-44-39(48)40(49)9-11-46(61-40)33-4-6-34(7-5-33)56-25-24-55-23-22-54-21-20-53-19-18-52-17-16-51-15-14-50-13-10-43-35-2-1-3-36-38(35)60-47(59-36)37-8-12-57-45-58-37/h1-7,26-28,37,43,45,49H,8-25,29H2,(H,44,48). The summed E-state index contributed by atoms with van der Waals surface area (Å²) >= 11 is 0. The number of aliphatic hydroxyl groups is 1. The van der Waals surface area contributed by atoms with Gasteiger partial charge in [-0.25, -0.2) is 13.6 Å². The molecule has 0 spiro atoms. The lowest BCUT2D eigenvalue weighted by atomic mass is 10.1. The molecule has 0 aromatic heterocycles. The van der Waals surface area contributed by atoms with Gasteiger partial charge in [-0.3, -0.25) is 19.5 Å². The number of benzene rings is 3. The average molecular weight is 866 g/mol. The lowest BCUT2D eigenvalue weighted by Crippen LogP contribution is -2.47. The number of halogens is 2. The first-order valence-electron chi connectivity index (χ1n) is 20.0. The Morgan fingerprint density at radius 2 is 1.43 bits per heavy atom. The van der Waals surface area contributed by atoms with Gasteiger partial charge < -0.3 is 58.6 Å². The van der Waals surface area contributed by atoms with Crippen LogP contribution in [0, 0.1) is 11.6 Å². The molecule has 0 bridgehead atoms. The highest BCUT2D eigenvalue weighted by Gasteiger charge is 2.45. The van der Waals surface area contributed by atoms with Crippen molar-refractivity contribution in [2.24, 2.45) is 0 Å². The summed E-state index contributed by atoms with van der Waals surface area (Å²) in [6.45, 7) is 6.69. The van der Waals surface area contributed by atoms with Crippen LogP contribution in [0.1, 0.15) is 18.4 Å². The lowest BCUT2D eigenvalue weighted by Gasteiger charge is -2.26. The Labute approximate surface area is 351 Å². The molecule has 21 heteroatoms. The van der Waals surface area contributed by atoms with Gasteiger partial charge in [0.05, 0.1) is 109 Å². The first-order valence-corrected chi connectivity index (χ1v) is 20.0. The monoisotopic (exact) mass is 865 g/mol. The number of nitrogens with one attached hydrogen (secondary N) is 3. The number of carbonyl (C=O) groups is 1. The van der Waals surface area contributed by atoms with Crippen molar-refractivity contribution >= 4 is 17.3 Å². The number of para-hydroxylation sites is 1. The van der Waals surface area contributed by atoms with E-state index in [0.717, 1.165) is 23.9 Å². The van der Waals surface area contributed by atoms with Crippen LogP contribution in [0.25, 0.3) is 0 Å². The molecule has 0 radical (unpaired) electrons. The maximum atomic E-state index is 13.4. The number of fused-ring (bicyclic) bond motifs is 1. The van der Waals surface area contributed by atoms with Crippen molar-refractivity contribution in [2.45, 2.75) is 31.4 Å². The summed E-state index contributed by atoms with van der Waals surface area (Å²) in [5, 5.41) is 19.2. The second-order valence-electron chi connectivity index (χ2n) is 13.5. The molecule has 0 saturated carbocycles. The van der Waals surface area contributed by atoms with E-state index in [1.807, 2.05) is 18.2 Å². The number of rotatable bonds is 28. The van der Waals surface area contributed by atoms with E-state index in [9.17, 15) is 18.7 Å². The fourth-order valence-electron chi connectivity index (χ4n) is 5.93. The zero-order valence-corrected chi connectivity index (χ0v) is 33.7. The molecule has 1 amide bonds. The molecule has 2 unspecified atom stereocenters. The van der Waals surface area contributed by atoms with Crippen LogP contribution in [0.15, 0.2) is 60.7 Å². The van der Waals surface area contributed by atoms with E-state index < -0.39 is 29.6 Å². The number of anilines is 2. The summed E-state index contributed by atoms with van der Waals surface area (Å²) in [5.41, 5.74) is 3.98. The van der Waals surface area contributed by atoms with Gasteiger partial charge in [0.2, 0.25) is 12.0 Å². The Bertz CT molecular complexity index is 1750. The van der Waals surface area contributed by atoms with Crippen molar-refractivity contribution in [3.05, 3.63) is 77.9 Å². The van der Waals surface area contributed by atoms with Crippen LogP contribution in [0.3, 0.4) is 0 Å². The highest BCUT2D eigenvalue weighted by atomic mass is 19.1. The number of hydrogen-bond donors (Lipinski definition) is 4. The number of carbonyl (C=O) groups excluding carboxylic acids is 1. The largest absolute Gasteiger partial charge is 0.491 e. The highest BCUT2D eigenvalue weighted by Crippen LogP contribution is 2.41. The second kappa shape index (κ2) is 24.8. The fourth-order valence-corrected chi connectivity index (χ4v) is 5.93. The van der Waals surface area contributed by atoms with Crippen molar-refractivity contribution in [1.29, 1.82) is 0 Å². The Morgan fingerprint density at radius 1 is 0.803 bits per heavy atom. The van der Waals surface area contributed by atoms with Gasteiger partial charge in [-0.05, 0) is 54.1 Å². The number of hydrogen-bond acceptors (Lipinski definition) is 18. The van der Waals surface area contributed by atoms with Crippen molar-refractivity contribution in [2.75, 3.05) is 116 Å². The van der Waals surface area contributed by atoms with Crippen LogP contribution in [0.5, 0.6) is 17.2 Å². The van der Waals surface area contributed by atoms with Gasteiger partial charge in [0.1, 0.15) is 24.0 Å². The third-order valence-electron chi connectivity index (χ3n) is 8.98. The summed E-state index contributed by atoms with van der Waals surface area (Å²) in [7, 11) is 0. The van der Waals surface area contributed by atoms with Gasteiger partial charge in [0.25, 0.3) is 11.7 Å². The Kier molecular flexibility index (Phi) is 18.7. The molecule has 3 aliphatic heterocycles. The topological polar surface area (TPSA) is 191 Å². The normalized spacial score (nSPS) is 18.7. The van der Waals surface area contributed by atoms with Gasteiger partial charge in [-0.15, -0.1) is 0 Å². The number of amides is 1. The SMILES string of the molecule is O=C(NCc1cc(F)cc(F)c1)C1(O)CCN(c2ccc(OCCOCCOCCOCCOCCOCCOCCNc3cccc4c3ON(C3CCONO3)O4)cc2)O1. The van der Waals surface area contributed by atoms with Crippen molar-refractivity contribution in [3.8, 4) is 17.2 Å². The maximum Gasteiger partial charge on any atom is 0.282 e. The summed E-state index contributed by atoms with van der Waals surface area (Å²) < 4.78 is 65.9. The molecular formula is C40H53F2N5O14. The third kappa shape index (κ3) is 15.1. The molecular weight excluding hydrogens is 812 g/mol. The molecule has 3 heterocycles. The average Bonchev–Trinajstić information content (AvgIpc) is 3.90. The predicted molar refractivity (Wildman–Crippen MR) is 210 cm³/mol. The van der Waals surface area contributed by atoms with Gasteiger partial charge in [0.15, 0.2) is 5.75 Å². The first-order chi connectivity index (χ1) is 29.9. The summed E-state index contributed by atoms with van der Waals surface area (Å²) in [6, 6.07) is 15.4. The van der Waals surface area contributed by atoms with Crippen molar-refractivity contribution in [1.82, 2.24) is 16.2 Å². The molecule has 336 valence electrons. The predicted octanol–water partition coefficient (Wildman–Crippen LogP) is 2.79. The number of hydroxylamine groups is 3. The van der Waals surface area contributed by atoms with E-state index in [-0.39, 0.29) is 25.1 Å². The molecule has 2 saturated heterocycles. The Hall–Kier alpha value is -4.49. The summed E-state index contributed by atoms with van der Waals surface area (Å²) in [5.74, 6) is -2.69. The molecule has 0 aliphatic carbocycles. The van der Waals surface area contributed by atoms with E-state index in [1.165, 1.54) is 10.3 Å². The molecule has 4 N–H and O–H groups in total. The zero-order chi connectivity index (χ0) is 42.5. The van der Waals surface area contributed by atoms with E-state index in [0.29, 0.717) is 128 Å². The summed E-state index contributed by atoms with van der Waals surface area (Å²) in [6.07, 6.45) is 0.131. The minimum absolute atomic E-state index is 0.00635. The van der Waals surface area contributed by atoms with Crippen LogP contribution < -0.4 is 35.8 Å². The molecule has 61 heavy (non-hydrogen) atoms. The van der Waals surface area contributed by atoms with E-state index in [2.05, 4.69) is 16.3 Å². The second-order valence-corrected chi connectivity index (χ2v) is 13.5. The van der Waals surface area contributed by atoms with E-state index in [1.54, 1.807) is 24.3 Å². The fraction of sp³-hybridized carbons (Fsp3) is 0.525. The molecule has 3 aromatic carbocycles. The van der Waals surface area contributed by atoms with Crippen LogP contribution in [0.4, 0.5) is 20.2 Å². The Balaban J connectivity index is 0.676. The number of nitrogens with zero attached hydrogens (tertiary/aromatic N) is 2. The first kappa shape index (κ1) is 46.0. The minimum atomic E-state index is -2.12. The molecule has 3 aliphatic rings. The van der Waals surface area contributed by atoms with Crippen LogP contribution >= 0.6 is 0 Å². The molecule has 2 atom stereocenters. The highest BCUT2D eigenvalue weighted by molar-refractivity contribution is 5.84. The molecule has 19 nitrogen and oxygen atoms in total. The summed E-state index contributed by atoms with van der Waals surface area (Å²) in [4.78, 5) is 39.9. The lowest BCUT2D eigenvalue weighted by molar-refractivity contribution is -0.376. The quantitative estimate of drug-likeness (QED) is 0.0779. The maximum absolute atomic E-state index is 13.4. The smallest absolute Gasteiger partial charge is 0.282 e. The number of ether oxygens (including phenoxy) is 7. The van der Waals surface area contributed by atoms with Gasteiger partial charge >= 0.3 is 0 Å². The van der Waals surface area contributed by atoms with Gasteiger partial charge in [0, 0.05) is 32.0 Å². The van der Waals surface area contributed by atoms with Crippen molar-refractivity contribution < 1.29 is 76.0 Å². The van der Waals surface area contributed by atoms with Crippen LogP contribution in [0.2, 0.25) is 0 Å². The minimum Gasteiger partial charge on any atom is -0.491 e.